The molecule has 0 fully saturated rings. The fourth-order valence-corrected chi connectivity index (χ4v) is 2.81. The molecule has 0 aliphatic carbocycles. The molecule has 142 valence electrons. The van der Waals surface area contributed by atoms with Gasteiger partial charge in [-0.2, -0.15) is 5.10 Å². The molecule has 0 saturated heterocycles. The van der Waals surface area contributed by atoms with Gasteiger partial charge >= 0.3 is 12.2 Å². The predicted molar refractivity (Wildman–Crippen MR) is 105 cm³/mol. The molecule has 3 rings (SSSR count). The molecule has 0 radical (unpaired) electrons. The number of nitrogens with one attached hydrogen (secondary N) is 1. The maximum Gasteiger partial charge on any atom is 0.323 e. The van der Waals surface area contributed by atoms with Crippen LogP contribution in [0.5, 0.6) is 11.5 Å². The van der Waals surface area contributed by atoms with Crippen LogP contribution in [0.4, 0.5) is 5.69 Å². The van der Waals surface area contributed by atoms with Gasteiger partial charge in [-0.05, 0) is 24.3 Å². The maximum absolute atomic E-state index is 12.5. The van der Waals surface area contributed by atoms with E-state index >= 15 is 0 Å². The highest BCUT2D eigenvalue weighted by Gasteiger charge is 2.22. The first-order valence-corrected chi connectivity index (χ1v) is 8.99. The van der Waals surface area contributed by atoms with Crippen LogP contribution in [0.1, 0.15) is 4.88 Å². The van der Waals surface area contributed by atoms with E-state index in [4.69, 9.17) is 9.47 Å². The summed E-state index contributed by atoms with van der Waals surface area (Å²) in [6.45, 7) is 0. The van der Waals surface area contributed by atoms with E-state index in [0.717, 1.165) is 11.3 Å². The number of nitro groups is 1. The van der Waals surface area contributed by atoms with E-state index in [-0.39, 0.29) is 5.69 Å². The Kier molecular flexibility index (Phi) is 6.32. The molecule has 2 aromatic carbocycles. The molecule has 0 bridgehead atoms. The molecule has 0 saturated carbocycles. The summed E-state index contributed by atoms with van der Waals surface area (Å²) >= 11 is 1.14. The van der Waals surface area contributed by atoms with Crippen molar-refractivity contribution < 1.29 is 19.2 Å². The van der Waals surface area contributed by atoms with Crippen molar-refractivity contribution in [2.24, 2.45) is 5.10 Å². The van der Waals surface area contributed by atoms with E-state index in [1.165, 1.54) is 17.7 Å². The zero-order valence-electron chi connectivity index (χ0n) is 14.4. The summed E-state index contributed by atoms with van der Waals surface area (Å²) in [5, 5.41) is 15.9. The van der Waals surface area contributed by atoms with Crippen LogP contribution in [-0.4, -0.2) is 23.3 Å². The number of nitrogens with zero attached hydrogens (tertiary/aromatic N) is 2. The van der Waals surface area contributed by atoms with Gasteiger partial charge in [-0.25, -0.2) is 5.43 Å². The summed E-state index contributed by atoms with van der Waals surface area (Å²) in [5.41, 5.74) is 2.30. The molecule has 3 aromatic rings. The lowest BCUT2D eigenvalue weighted by atomic mass is 10.3. The van der Waals surface area contributed by atoms with Crippen LogP contribution in [0, 0.1) is 10.1 Å². The smallest absolute Gasteiger partial charge is 0.323 e. The van der Waals surface area contributed by atoms with Crippen molar-refractivity contribution in [3.63, 3.8) is 0 Å². The largest absolute Gasteiger partial charge is 0.446 e. The third-order valence-electron chi connectivity index (χ3n) is 3.37. The molecule has 28 heavy (non-hydrogen) atoms. The zero-order valence-corrected chi connectivity index (χ0v) is 15.2. The minimum absolute atomic E-state index is 0.0320. The van der Waals surface area contributed by atoms with Gasteiger partial charge in [0.15, 0.2) is 0 Å². The summed E-state index contributed by atoms with van der Waals surface area (Å²) in [6, 6.07) is 18.9. The fraction of sp³-hybridized carbons (Fsp3) is 0.0526. The van der Waals surface area contributed by atoms with Crippen molar-refractivity contribution in [2.45, 2.75) is 6.29 Å². The maximum atomic E-state index is 12.5. The van der Waals surface area contributed by atoms with Gasteiger partial charge in [-0.1, -0.05) is 36.4 Å². The fourth-order valence-electron chi connectivity index (χ4n) is 2.09. The Morgan fingerprint density at radius 2 is 1.64 bits per heavy atom. The summed E-state index contributed by atoms with van der Waals surface area (Å²) < 4.78 is 11.2. The zero-order chi connectivity index (χ0) is 19.8. The van der Waals surface area contributed by atoms with Crippen molar-refractivity contribution in [3.05, 3.63) is 87.1 Å². The second-order valence-electron chi connectivity index (χ2n) is 5.39. The van der Waals surface area contributed by atoms with Crippen LogP contribution in [0.3, 0.4) is 0 Å². The Hall–Kier alpha value is -3.72. The van der Waals surface area contributed by atoms with Gasteiger partial charge in [-0.15, -0.1) is 11.3 Å². The van der Waals surface area contributed by atoms with Crippen LogP contribution < -0.4 is 14.9 Å². The molecule has 1 heterocycles. The number of rotatable bonds is 8. The Balaban J connectivity index is 1.68. The van der Waals surface area contributed by atoms with Gasteiger partial charge < -0.3 is 9.47 Å². The third kappa shape index (κ3) is 5.39. The number of hydrogen-bond acceptors (Lipinski definition) is 7. The average Bonchev–Trinajstić information content (AvgIpc) is 3.18. The van der Waals surface area contributed by atoms with E-state index in [0.29, 0.717) is 16.4 Å². The van der Waals surface area contributed by atoms with Crippen LogP contribution >= 0.6 is 11.3 Å². The Labute approximate surface area is 164 Å². The Bertz CT molecular complexity index is 918. The van der Waals surface area contributed by atoms with Gasteiger partial charge in [0.25, 0.3) is 5.69 Å². The average molecular weight is 397 g/mol. The normalized spacial score (nSPS) is 10.8. The van der Waals surface area contributed by atoms with Crippen LogP contribution in [0.2, 0.25) is 0 Å². The standard InChI is InChI=1S/C19H15N3O5S/c23-18(21-20-12-17-11-14(13-28-17)22(24)25)19(26-15-7-3-1-4-8-15)27-16-9-5-2-6-10-16/h1-13,19H,(H,21,23). The van der Waals surface area contributed by atoms with Crippen LogP contribution in [0.25, 0.3) is 0 Å². The summed E-state index contributed by atoms with van der Waals surface area (Å²) in [5.74, 6) is 0.280. The van der Waals surface area contributed by atoms with Gasteiger partial charge in [0, 0.05) is 6.07 Å². The molecule has 1 amide bonds. The van der Waals surface area contributed by atoms with Gasteiger partial charge in [0.1, 0.15) is 11.5 Å². The van der Waals surface area contributed by atoms with Crippen molar-refractivity contribution in [2.75, 3.05) is 0 Å². The molecule has 9 heteroatoms. The van der Waals surface area contributed by atoms with Gasteiger partial charge in [0.2, 0.25) is 0 Å². The molecule has 1 aromatic heterocycles. The number of benzene rings is 2. The molecule has 0 unspecified atom stereocenters. The first-order chi connectivity index (χ1) is 13.6. The van der Waals surface area contributed by atoms with Crippen molar-refractivity contribution in [1.82, 2.24) is 5.43 Å². The van der Waals surface area contributed by atoms with Crippen LogP contribution in [0.15, 0.2) is 77.2 Å². The number of thiophene rings is 1. The quantitative estimate of drug-likeness (QED) is 0.271. The molecule has 8 nitrogen and oxygen atoms in total. The van der Waals surface area contributed by atoms with Gasteiger partial charge in [0.05, 0.1) is 21.4 Å². The number of ether oxygens (including phenoxy) is 2. The summed E-state index contributed by atoms with van der Waals surface area (Å²) in [4.78, 5) is 23.2. The van der Waals surface area contributed by atoms with E-state index in [1.807, 2.05) is 12.1 Å². The minimum atomic E-state index is -1.28. The second kappa shape index (κ2) is 9.28. The Morgan fingerprint density at radius 3 is 2.14 bits per heavy atom. The predicted octanol–water partition coefficient (Wildman–Crippen LogP) is 3.59. The Morgan fingerprint density at radius 1 is 1.07 bits per heavy atom. The van der Waals surface area contributed by atoms with Crippen molar-refractivity contribution >= 4 is 29.1 Å². The summed E-state index contributed by atoms with van der Waals surface area (Å²) in [6.07, 6.45) is 0.0390. The molecule has 0 aliphatic rings. The topological polar surface area (TPSA) is 103 Å². The van der Waals surface area contributed by atoms with E-state index in [2.05, 4.69) is 10.5 Å². The number of carbonyl (C=O) groups is 1. The van der Waals surface area contributed by atoms with E-state index < -0.39 is 17.1 Å². The molecule has 0 spiro atoms. The first kappa shape index (κ1) is 19.1. The highest BCUT2D eigenvalue weighted by molar-refractivity contribution is 7.12. The number of carbonyl (C=O) groups excluding carboxylic acids is 1. The minimum Gasteiger partial charge on any atom is -0.446 e. The number of hydrazone groups is 1. The highest BCUT2D eigenvalue weighted by Crippen LogP contribution is 2.19. The lowest BCUT2D eigenvalue weighted by molar-refractivity contribution is -0.384. The molecule has 0 aliphatic heterocycles. The molecule has 0 atom stereocenters. The number of amides is 1. The third-order valence-corrected chi connectivity index (χ3v) is 4.22. The summed E-state index contributed by atoms with van der Waals surface area (Å²) in [7, 11) is 0. The lowest BCUT2D eigenvalue weighted by Crippen LogP contribution is -2.40. The van der Waals surface area contributed by atoms with E-state index in [9.17, 15) is 14.9 Å². The van der Waals surface area contributed by atoms with Crippen molar-refractivity contribution in [3.8, 4) is 11.5 Å². The second-order valence-corrected chi connectivity index (χ2v) is 6.34. The highest BCUT2D eigenvalue weighted by atomic mass is 32.1. The van der Waals surface area contributed by atoms with E-state index in [1.54, 1.807) is 48.5 Å². The SMILES string of the molecule is O=C(NN=Cc1cc([N+](=O)[O-])cs1)C(Oc1ccccc1)Oc1ccccc1. The van der Waals surface area contributed by atoms with Gasteiger partial charge in [-0.3, -0.25) is 14.9 Å². The molecule has 1 N–H and O–H groups in total. The molecular weight excluding hydrogens is 382 g/mol. The first-order valence-electron chi connectivity index (χ1n) is 8.11. The number of hydrogen-bond donors (Lipinski definition) is 1. The monoisotopic (exact) mass is 397 g/mol. The molecular formula is C19H15N3O5S. The lowest BCUT2D eigenvalue weighted by Gasteiger charge is -2.18. The van der Waals surface area contributed by atoms with Crippen molar-refractivity contribution in [1.29, 1.82) is 0 Å². The van der Waals surface area contributed by atoms with Crippen LogP contribution in [-0.2, 0) is 4.79 Å². The number of para-hydroxylation sites is 2.